The number of nitrogens with two attached hydrogens (primary N) is 1. The highest BCUT2D eigenvalue weighted by Crippen LogP contribution is 2.44. The van der Waals surface area contributed by atoms with Crippen LogP contribution in [-0.4, -0.2) is 167 Å². The van der Waals surface area contributed by atoms with Gasteiger partial charge < -0.3 is 74.1 Å². The highest BCUT2D eigenvalue weighted by atomic mass is 35.5. The van der Waals surface area contributed by atoms with Crippen LogP contribution < -0.4 is 31.1 Å². The number of aromatic carboxylic acids is 1. The van der Waals surface area contributed by atoms with Crippen LogP contribution in [0.5, 0.6) is 0 Å². The molecule has 0 unspecified atom stereocenters. The fourth-order valence-electron chi connectivity index (χ4n) is 17.4. The summed E-state index contributed by atoms with van der Waals surface area (Å²) < 4.78 is 41.9. The Hall–Kier alpha value is -7.26. The quantitative estimate of drug-likeness (QED) is 0.0422. The van der Waals surface area contributed by atoms with E-state index >= 15 is 0 Å². The van der Waals surface area contributed by atoms with E-state index in [9.17, 15) is 48.3 Å². The molecular weight excluding hydrogens is 1640 g/mol. The van der Waals surface area contributed by atoms with Crippen LogP contribution >= 0.6 is 45.6 Å². The summed E-state index contributed by atoms with van der Waals surface area (Å²) in [4.78, 5) is 124. The first-order chi connectivity index (χ1) is 58.4. The number of carbonyl (C=O) groups excluding carboxylic acids is 8. The summed E-state index contributed by atoms with van der Waals surface area (Å²) >= 11 is 8.76. The van der Waals surface area contributed by atoms with E-state index in [2.05, 4.69) is 87.7 Å². The number of esters is 2. The molecule has 0 aromatic carbocycles. The number of nitrogens with zero attached hydrogens (tertiary/aromatic N) is 3. The van der Waals surface area contributed by atoms with Crippen LogP contribution in [0, 0.1) is 87.3 Å². The number of amides is 5. The van der Waals surface area contributed by atoms with E-state index in [0.717, 1.165) is 175 Å². The Morgan fingerprint density at radius 3 is 0.943 bits per heavy atom. The molecule has 24 nitrogen and oxygen atoms in total. The van der Waals surface area contributed by atoms with Crippen molar-refractivity contribution < 1.29 is 86.2 Å². The van der Waals surface area contributed by atoms with Gasteiger partial charge in [0, 0.05) is 120 Å². The van der Waals surface area contributed by atoms with Crippen molar-refractivity contribution in [2.75, 3.05) is 68.6 Å². The van der Waals surface area contributed by atoms with Gasteiger partial charge >= 0.3 is 35.5 Å². The van der Waals surface area contributed by atoms with Crippen LogP contribution in [0.4, 0.5) is 31.4 Å². The Bertz CT molecular complexity index is 4190. The van der Waals surface area contributed by atoms with Crippen LogP contribution in [0.3, 0.4) is 0 Å². The van der Waals surface area contributed by atoms with Gasteiger partial charge in [-0.15, -0.1) is 34.0 Å². The van der Waals surface area contributed by atoms with Gasteiger partial charge in [0.25, 0.3) is 0 Å². The van der Waals surface area contributed by atoms with Crippen molar-refractivity contribution in [1.29, 1.82) is 0 Å². The van der Waals surface area contributed by atoms with Crippen LogP contribution in [0.1, 0.15) is 319 Å². The second-order valence-electron chi connectivity index (χ2n) is 38.2. The Labute approximate surface area is 747 Å². The molecule has 0 spiro atoms. The normalized spacial score (nSPS) is 25.3. The Morgan fingerprint density at radius 1 is 0.407 bits per heavy atom. The molecule has 0 radical (unpaired) electrons. The lowest BCUT2D eigenvalue weighted by atomic mass is 9.81. The van der Waals surface area contributed by atoms with Gasteiger partial charge in [-0.25, -0.2) is 28.8 Å². The summed E-state index contributed by atoms with van der Waals surface area (Å²) in [5.74, 6) is 19.4. The third kappa shape index (κ3) is 31.6. The van der Waals surface area contributed by atoms with E-state index in [1.807, 2.05) is 63.5 Å². The van der Waals surface area contributed by atoms with E-state index < -0.39 is 29.4 Å². The monoisotopic (exact) mass is 1780 g/mol. The maximum atomic E-state index is 14.2. The molecule has 28 heteroatoms. The smallest absolute Gasteiger partial charge is 0.407 e. The molecule has 12 rings (SSSR count). The zero-order valence-electron chi connectivity index (χ0n) is 75.3. The number of carboxylic acid groups (broad SMARTS) is 1. The van der Waals surface area contributed by atoms with E-state index in [1.54, 1.807) is 11.0 Å². The molecule has 0 bridgehead atoms. The summed E-state index contributed by atoms with van der Waals surface area (Å²) in [6.07, 6.45) is 24.0. The number of hydrogen-bond acceptors (Lipinski definition) is 21. The van der Waals surface area contributed by atoms with Gasteiger partial charge in [0.05, 0.1) is 85.6 Å². The zero-order chi connectivity index (χ0) is 89.3. The molecule has 6 saturated carbocycles. The van der Waals surface area contributed by atoms with Gasteiger partial charge in [0.1, 0.15) is 32.9 Å². The fraction of sp³-hybridized carbons (Fsp3) is 0.716. The number of carboxylic acids is 1. The number of methoxy groups -OCH3 is 2. The molecular formula is C95H137ClN6O18S3. The van der Waals surface area contributed by atoms with Crippen molar-refractivity contribution in [2.45, 2.75) is 330 Å². The zero-order valence-corrected chi connectivity index (χ0v) is 78.5. The molecule has 3 saturated heterocycles. The molecule has 5 amide bonds. The molecule has 6 heterocycles. The average Bonchev–Trinajstić information content (AvgIpc) is 1.68. The minimum Gasteiger partial charge on any atom is -0.477 e. The average molecular weight is 1780 g/mol. The standard InChI is InChI=1S/C32H46N2O6S.C31H44N2O6S.C26H38N2O3S.C6H9ClO3/c1-21-6-8-22(9-7-21)29(35)34(27-20-26(14-17-32(2,3)4)41-28(27)30(36)38-5)24-12-10-23(11-13-24)33-31(37)40-25-15-18-39-19-16-25;1-20-5-7-21(8-6-20)28(34)33(26-19-25(13-16-31(2,3)4)40-27(26)29(35)36)23-11-9-22(10-12-23)32-30(37)39-24-14-17-38-18-15-24;1-17-6-8-18(9-7-17)24(29)28(20-12-10-19(27)11-13-20)22-16-21(14-15-26(2,3)4)32-23(22)25(30)31-5;7-6(8)10-5-1-3-9-4-2-5/h20-25H,6-13,15-16,18-19H2,1-5H3,(H,33,37);19-24H,5-12,14-15,17-18H2,1-4H3,(H,32,37)(H,35,36);16-20H,6-13,27H2,1-5H3;5H,1-4H2. The Morgan fingerprint density at radius 2 is 0.675 bits per heavy atom. The lowest BCUT2D eigenvalue weighted by molar-refractivity contribution is -0.125. The van der Waals surface area contributed by atoms with Crippen LogP contribution in [-0.2, 0) is 52.3 Å². The third-order valence-corrected chi connectivity index (χ3v) is 27.7. The number of halogens is 1. The second kappa shape index (κ2) is 47.5. The molecule has 9 aliphatic rings. The predicted octanol–water partition coefficient (Wildman–Crippen LogP) is 19.4. The highest BCUT2D eigenvalue weighted by molar-refractivity contribution is 7.16. The maximum Gasteiger partial charge on any atom is 0.407 e. The van der Waals surface area contributed by atoms with Crippen LogP contribution in [0.25, 0.3) is 0 Å². The van der Waals surface area contributed by atoms with Crippen molar-refractivity contribution in [3.05, 3.63) is 47.5 Å². The number of nitrogens with one attached hydrogen (secondary N) is 2. The number of hydrogen-bond donors (Lipinski definition) is 4. The first kappa shape index (κ1) is 99.5. The Balaban J connectivity index is 0.000000199. The van der Waals surface area contributed by atoms with Gasteiger partial charge in [-0.2, -0.15) is 0 Å². The van der Waals surface area contributed by atoms with Gasteiger partial charge in [-0.3, -0.25) is 14.4 Å². The third-order valence-electron chi connectivity index (χ3n) is 24.5. The molecule has 3 aromatic rings. The highest BCUT2D eigenvalue weighted by Gasteiger charge is 2.43. The molecule has 680 valence electrons. The topological polar surface area (TPSA) is 308 Å². The molecule has 6 aliphatic carbocycles. The fourth-order valence-corrected chi connectivity index (χ4v) is 20.2. The van der Waals surface area contributed by atoms with E-state index in [0.29, 0.717) is 128 Å². The second-order valence-corrected chi connectivity index (χ2v) is 41.7. The van der Waals surface area contributed by atoms with Gasteiger partial charge in [0.15, 0.2) is 0 Å². The molecule has 3 aromatic heterocycles. The SMILES string of the molecule is CC1CCC(C(=O)N(c2cc(C#CC(C)(C)C)sc2C(=O)O)C2CCC(NC(=O)OC3CCOCC3)CC2)CC1.COC(=O)c1sc(C#CC(C)(C)C)cc1N(C(=O)C1CCC(C)CC1)C1CCC(N)CC1.COC(=O)c1sc(C#CC(C)(C)C)cc1N(C(=O)C1CCC(C)CC1)C1CCC(NC(=O)OC2CCOCC2)CC1.O=C(Cl)OC1CCOCC1. The van der Waals surface area contributed by atoms with E-state index in [1.165, 1.54) is 36.9 Å². The number of rotatable bonds is 17. The van der Waals surface area contributed by atoms with E-state index in [4.69, 9.17) is 55.2 Å². The van der Waals surface area contributed by atoms with Crippen LogP contribution in [0.15, 0.2) is 18.2 Å². The summed E-state index contributed by atoms with van der Waals surface area (Å²) in [5, 5.41) is 16.2. The maximum absolute atomic E-state index is 14.2. The lowest BCUT2D eigenvalue weighted by Gasteiger charge is -2.39. The van der Waals surface area contributed by atoms with Crippen molar-refractivity contribution in [2.24, 2.45) is 57.5 Å². The largest absolute Gasteiger partial charge is 0.477 e. The summed E-state index contributed by atoms with van der Waals surface area (Å²) in [7, 11) is 2.76. The van der Waals surface area contributed by atoms with Crippen LogP contribution in [0.2, 0.25) is 0 Å². The number of anilines is 3. The van der Waals surface area contributed by atoms with Gasteiger partial charge in [-0.05, 0) is 252 Å². The van der Waals surface area contributed by atoms with Crippen molar-refractivity contribution in [3.8, 4) is 35.5 Å². The molecule has 0 atom stereocenters. The lowest BCUT2D eigenvalue weighted by Crippen LogP contribution is -2.49. The summed E-state index contributed by atoms with van der Waals surface area (Å²) in [6.45, 7) is 28.8. The van der Waals surface area contributed by atoms with Crippen molar-refractivity contribution in [1.82, 2.24) is 10.6 Å². The number of carbonyl (C=O) groups is 9. The predicted molar refractivity (Wildman–Crippen MR) is 483 cm³/mol. The minimum atomic E-state index is -1.04. The van der Waals surface area contributed by atoms with Gasteiger partial charge in [-0.1, -0.05) is 56.3 Å². The van der Waals surface area contributed by atoms with Crippen molar-refractivity contribution >= 4 is 116 Å². The van der Waals surface area contributed by atoms with Crippen molar-refractivity contribution in [3.63, 3.8) is 0 Å². The molecule has 3 aliphatic heterocycles. The molecule has 5 N–H and O–H groups in total. The molecule has 9 fully saturated rings. The number of alkyl carbamates (subject to hydrolysis) is 2. The minimum absolute atomic E-state index is 0.0105. The molecule has 123 heavy (non-hydrogen) atoms. The number of ether oxygens (including phenoxy) is 8. The first-order valence-electron chi connectivity index (χ1n) is 45.1. The Kier molecular flexibility index (Phi) is 38.4. The van der Waals surface area contributed by atoms with Gasteiger partial charge in [0.2, 0.25) is 17.7 Å². The summed E-state index contributed by atoms with van der Waals surface area (Å²) in [6, 6.07) is 5.61. The number of thiophene rings is 3. The van der Waals surface area contributed by atoms with E-state index in [-0.39, 0.29) is 117 Å². The summed E-state index contributed by atoms with van der Waals surface area (Å²) in [5.41, 5.74) is 6.63. The first-order valence-corrected chi connectivity index (χ1v) is 47.9.